The van der Waals surface area contributed by atoms with Gasteiger partial charge in [0.05, 0.1) is 17.3 Å². The SMILES string of the molecule is CCC(C)(N)c1nc2cnccc2n1C. The molecule has 4 nitrogen and oxygen atoms in total. The van der Waals surface area contributed by atoms with Crippen LogP contribution in [-0.4, -0.2) is 14.5 Å². The van der Waals surface area contributed by atoms with E-state index in [1.165, 1.54) is 0 Å². The Hall–Kier alpha value is -1.42. The maximum absolute atomic E-state index is 6.20. The van der Waals surface area contributed by atoms with Crippen molar-refractivity contribution in [2.24, 2.45) is 12.8 Å². The van der Waals surface area contributed by atoms with Gasteiger partial charge in [0.25, 0.3) is 0 Å². The van der Waals surface area contributed by atoms with Crippen molar-refractivity contribution in [2.75, 3.05) is 0 Å². The summed E-state index contributed by atoms with van der Waals surface area (Å²) >= 11 is 0. The monoisotopic (exact) mass is 204 g/mol. The first-order chi connectivity index (χ1) is 7.06. The second-order valence-corrected chi connectivity index (χ2v) is 4.13. The van der Waals surface area contributed by atoms with Gasteiger partial charge >= 0.3 is 0 Å². The molecule has 1 unspecified atom stereocenters. The molecule has 0 bridgehead atoms. The molecule has 15 heavy (non-hydrogen) atoms. The summed E-state index contributed by atoms with van der Waals surface area (Å²) < 4.78 is 2.04. The maximum atomic E-state index is 6.20. The van der Waals surface area contributed by atoms with Crippen LogP contribution >= 0.6 is 0 Å². The number of fused-ring (bicyclic) bond motifs is 1. The van der Waals surface area contributed by atoms with Crippen LogP contribution in [0.2, 0.25) is 0 Å². The lowest BCUT2D eigenvalue weighted by Crippen LogP contribution is -2.35. The lowest BCUT2D eigenvalue weighted by molar-refractivity contribution is 0.434. The number of pyridine rings is 1. The maximum Gasteiger partial charge on any atom is 0.129 e. The summed E-state index contributed by atoms with van der Waals surface area (Å²) in [6, 6.07) is 1.96. The summed E-state index contributed by atoms with van der Waals surface area (Å²) in [5.74, 6) is 0.910. The third-order valence-electron chi connectivity index (χ3n) is 2.93. The van der Waals surface area contributed by atoms with Crippen LogP contribution in [0.3, 0.4) is 0 Å². The Morgan fingerprint density at radius 3 is 2.87 bits per heavy atom. The van der Waals surface area contributed by atoms with E-state index in [0.717, 1.165) is 23.3 Å². The minimum Gasteiger partial charge on any atom is -0.329 e. The standard InChI is InChI=1S/C11H16N4/c1-4-11(2,12)10-14-8-7-13-6-5-9(8)15(10)3/h5-7H,4,12H2,1-3H3. The van der Waals surface area contributed by atoms with Crippen LogP contribution in [0.25, 0.3) is 11.0 Å². The van der Waals surface area contributed by atoms with E-state index in [0.29, 0.717) is 0 Å². The van der Waals surface area contributed by atoms with Gasteiger partial charge in [-0.1, -0.05) is 6.92 Å². The number of hydrogen-bond donors (Lipinski definition) is 1. The third kappa shape index (κ3) is 1.51. The molecule has 2 aromatic rings. The minimum atomic E-state index is -0.381. The lowest BCUT2D eigenvalue weighted by Gasteiger charge is -2.21. The molecular formula is C11H16N4. The third-order valence-corrected chi connectivity index (χ3v) is 2.93. The zero-order valence-corrected chi connectivity index (χ0v) is 9.36. The smallest absolute Gasteiger partial charge is 0.129 e. The van der Waals surface area contributed by atoms with Crippen LogP contribution in [0.5, 0.6) is 0 Å². The van der Waals surface area contributed by atoms with Crippen molar-refractivity contribution in [1.82, 2.24) is 14.5 Å². The highest BCUT2D eigenvalue weighted by Crippen LogP contribution is 2.23. The molecular weight excluding hydrogens is 188 g/mol. The van der Waals surface area contributed by atoms with Gasteiger partial charge in [0, 0.05) is 13.2 Å². The van der Waals surface area contributed by atoms with Gasteiger partial charge in [0.15, 0.2) is 0 Å². The molecule has 0 fully saturated rings. The van der Waals surface area contributed by atoms with E-state index >= 15 is 0 Å². The van der Waals surface area contributed by atoms with E-state index in [2.05, 4.69) is 16.9 Å². The minimum absolute atomic E-state index is 0.381. The van der Waals surface area contributed by atoms with Crippen molar-refractivity contribution < 1.29 is 0 Å². The second kappa shape index (κ2) is 3.31. The molecule has 2 rings (SSSR count). The van der Waals surface area contributed by atoms with Crippen LogP contribution in [0, 0.1) is 0 Å². The van der Waals surface area contributed by atoms with E-state index in [9.17, 15) is 0 Å². The fraction of sp³-hybridized carbons (Fsp3) is 0.455. The predicted molar refractivity (Wildman–Crippen MR) is 60.3 cm³/mol. The Balaban J connectivity index is 2.68. The summed E-state index contributed by atoms with van der Waals surface area (Å²) in [5.41, 5.74) is 7.79. The number of aromatic nitrogens is 3. The Kier molecular flexibility index (Phi) is 2.23. The first kappa shape index (κ1) is 10.1. The van der Waals surface area contributed by atoms with Gasteiger partial charge in [-0.3, -0.25) is 4.98 Å². The van der Waals surface area contributed by atoms with Gasteiger partial charge in [-0.2, -0.15) is 0 Å². The Bertz CT molecular complexity index is 484. The normalized spacial score (nSPS) is 15.5. The molecule has 2 N–H and O–H groups in total. The van der Waals surface area contributed by atoms with E-state index in [4.69, 9.17) is 5.73 Å². The first-order valence-electron chi connectivity index (χ1n) is 5.12. The van der Waals surface area contributed by atoms with Gasteiger partial charge < -0.3 is 10.3 Å². The average Bonchev–Trinajstić information content (AvgIpc) is 2.58. The number of aryl methyl sites for hydroxylation is 1. The molecule has 0 aliphatic carbocycles. The molecule has 80 valence electrons. The first-order valence-corrected chi connectivity index (χ1v) is 5.12. The van der Waals surface area contributed by atoms with Gasteiger partial charge in [-0.25, -0.2) is 4.98 Å². The zero-order chi connectivity index (χ0) is 11.1. The van der Waals surface area contributed by atoms with Crippen molar-refractivity contribution >= 4 is 11.0 Å². The van der Waals surface area contributed by atoms with Crippen molar-refractivity contribution in [2.45, 2.75) is 25.8 Å². The van der Waals surface area contributed by atoms with Gasteiger partial charge in [-0.15, -0.1) is 0 Å². The van der Waals surface area contributed by atoms with Crippen molar-refractivity contribution in [3.05, 3.63) is 24.3 Å². The highest BCUT2D eigenvalue weighted by molar-refractivity contribution is 5.74. The van der Waals surface area contributed by atoms with Crippen LogP contribution in [-0.2, 0) is 12.6 Å². The molecule has 0 spiro atoms. The lowest BCUT2D eigenvalue weighted by atomic mass is 10.00. The van der Waals surface area contributed by atoms with Crippen LogP contribution in [0.4, 0.5) is 0 Å². The number of nitrogens with zero attached hydrogens (tertiary/aromatic N) is 3. The summed E-state index contributed by atoms with van der Waals surface area (Å²) in [7, 11) is 1.99. The largest absolute Gasteiger partial charge is 0.329 e. The van der Waals surface area contributed by atoms with Crippen molar-refractivity contribution in [3.8, 4) is 0 Å². The summed E-state index contributed by atoms with van der Waals surface area (Å²) in [6.45, 7) is 4.07. The molecule has 0 aliphatic heterocycles. The van der Waals surface area contributed by atoms with E-state index in [1.807, 2.05) is 24.6 Å². The Morgan fingerprint density at radius 1 is 1.53 bits per heavy atom. The van der Waals surface area contributed by atoms with Crippen LogP contribution in [0.15, 0.2) is 18.5 Å². The number of imidazole rings is 1. The molecule has 1 atom stereocenters. The van der Waals surface area contributed by atoms with Crippen molar-refractivity contribution in [1.29, 1.82) is 0 Å². The highest BCUT2D eigenvalue weighted by Gasteiger charge is 2.24. The van der Waals surface area contributed by atoms with E-state index in [1.54, 1.807) is 12.4 Å². The fourth-order valence-electron chi connectivity index (χ4n) is 1.72. The van der Waals surface area contributed by atoms with E-state index in [-0.39, 0.29) is 5.54 Å². The Morgan fingerprint density at radius 2 is 2.27 bits per heavy atom. The molecule has 0 amide bonds. The molecule has 4 heteroatoms. The van der Waals surface area contributed by atoms with Gasteiger partial charge in [0.1, 0.15) is 11.3 Å². The van der Waals surface area contributed by atoms with Gasteiger partial charge in [0.2, 0.25) is 0 Å². The highest BCUT2D eigenvalue weighted by atomic mass is 15.1. The second-order valence-electron chi connectivity index (χ2n) is 4.13. The summed E-state index contributed by atoms with van der Waals surface area (Å²) in [4.78, 5) is 8.59. The molecule has 0 radical (unpaired) electrons. The predicted octanol–water partition coefficient (Wildman–Crippen LogP) is 1.55. The number of hydrogen-bond acceptors (Lipinski definition) is 3. The zero-order valence-electron chi connectivity index (χ0n) is 9.36. The number of rotatable bonds is 2. The van der Waals surface area contributed by atoms with Crippen LogP contribution < -0.4 is 5.73 Å². The molecule has 2 aromatic heterocycles. The van der Waals surface area contributed by atoms with E-state index < -0.39 is 0 Å². The summed E-state index contributed by atoms with van der Waals surface area (Å²) in [5, 5.41) is 0. The molecule has 0 saturated carbocycles. The molecule has 2 heterocycles. The fourth-order valence-corrected chi connectivity index (χ4v) is 1.72. The van der Waals surface area contributed by atoms with Gasteiger partial charge in [-0.05, 0) is 19.4 Å². The molecule has 0 saturated heterocycles. The quantitative estimate of drug-likeness (QED) is 0.807. The summed E-state index contributed by atoms with van der Waals surface area (Å²) in [6.07, 6.45) is 4.40. The van der Waals surface area contributed by atoms with Crippen LogP contribution in [0.1, 0.15) is 26.1 Å². The average molecular weight is 204 g/mol. The topological polar surface area (TPSA) is 56.7 Å². The molecule has 0 aromatic carbocycles. The number of nitrogens with two attached hydrogens (primary N) is 1. The molecule has 0 aliphatic rings. The van der Waals surface area contributed by atoms with Crippen molar-refractivity contribution in [3.63, 3.8) is 0 Å². The Labute approximate surface area is 89.1 Å².